The highest BCUT2D eigenvalue weighted by molar-refractivity contribution is 5.81. The molecule has 1 amide bonds. The third kappa shape index (κ3) is 4.04. The Labute approximate surface area is 113 Å². The highest BCUT2D eigenvalue weighted by Gasteiger charge is 2.30. The summed E-state index contributed by atoms with van der Waals surface area (Å²) in [6, 6.07) is 9.75. The monoisotopic (exact) mass is 263 g/mol. The average Bonchev–Trinajstić information content (AvgIpc) is 2.83. The third-order valence-electron chi connectivity index (χ3n) is 3.47. The van der Waals surface area contributed by atoms with Crippen LogP contribution >= 0.6 is 0 Å². The van der Waals surface area contributed by atoms with Crippen molar-refractivity contribution in [1.29, 1.82) is 0 Å². The van der Waals surface area contributed by atoms with Gasteiger partial charge in [-0.1, -0.05) is 37.3 Å². The molecule has 0 aliphatic carbocycles. The van der Waals surface area contributed by atoms with Gasteiger partial charge in [0.05, 0.1) is 6.10 Å². The van der Waals surface area contributed by atoms with Crippen LogP contribution in [0.15, 0.2) is 30.3 Å². The van der Waals surface area contributed by atoms with Gasteiger partial charge in [-0.15, -0.1) is 0 Å². The Bertz CT molecular complexity index is 407. The van der Waals surface area contributed by atoms with Crippen molar-refractivity contribution < 1.29 is 14.6 Å². The van der Waals surface area contributed by atoms with Crippen LogP contribution in [0.2, 0.25) is 0 Å². The first-order valence-electron chi connectivity index (χ1n) is 6.78. The molecular weight excluding hydrogens is 242 g/mol. The van der Waals surface area contributed by atoms with Crippen LogP contribution in [-0.2, 0) is 16.0 Å². The van der Waals surface area contributed by atoms with E-state index in [1.165, 1.54) is 0 Å². The third-order valence-corrected chi connectivity index (χ3v) is 3.47. The van der Waals surface area contributed by atoms with Gasteiger partial charge in [-0.3, -0.25) is 4.79 Å². The molecule has 2 rings (SSSR count). The van der Waals surface area contributed by atoms with E-state index in [0.29, 0.717) is 13.0 Å². The van der Waals surface area contributed by atoms with E-state index in [2.05, 4.69) is 5.32 Å². The van der Waals surface area contributed by atoms with Gasteiger partial charge in [0.25, 0.3) is 0 Å². The predicted octanol–water partition coefficient (Wildman–Crippen LogP) is 1.13. The fraction of sp³-hybridized carbons (Fsp3) is 0.533. The summed E-state index contributed by atoms with van der Waals surface area (Å²) in [6.45, 7) is 2.92. The lowest BCUT2D eigenvalue weighted by Gasteiger charge is -2.16. The Morgan fingerprint density at radius 3 is 2.84 bits per heavy atom. The molecule has 1 aromatic carbocycles. The summed E-state index contributed by atoms with van der Waals surface area (Å²) < 4.78 is 5.38. The maximum absolute atomic E-state index is 11.9. The molecule has 1 aromatic rings. The van der Waals surface area contributed by atoms with Gasteiger partial charge in [0.15, 0.2) is 0 Å². The number of amides is 1. The van der Waals surface area contributed by atoms with Crippen LogP contribution in [0, 0.1) is 5.92 Å². The van der Waals surface area contributed by atoms with E-state index in [1.807, 2.05) is 37.3 Å². The lowest BCUT2D eigenvalue weighted by Crippen LogP contribution is -2.41. The summed E-state index contributed by atoms with van der Waals surface area (Å²) in [5.74, 6) is 0.142. The van der Waals surface area contributed by atoms with E-state index in [9.17, 15) is 9.90 Å². The first kappa shape index (κ1) is 14.0. The van der Waals surface area contributed by atoms with E-state index in [-0.39, 0.29) is 24.5 Å². The van der Waals surface area contributed by atoms with Gasteiger partial charge in [-0.05, 0) is 17.9 Å². The van der Waals surface area contributed by atoms with E-state index in [4.69, 9.17) is 4.74 Å². The zero-order valence-electron chi connectivity index (χ0n) is 11.2. The summed E-state index contributed by atoms with van der Waals surface area (Å²) in [6.07, 6.45) is 0.541. The van der Waals surface area contributed by atoms with Gasteiger partial charge >= 0.3 is 0 Å². The number of benzene rings is 1. The fourth-order valence-corrected chi connectivity index (χ4v) is 2.31. The standard InChI is InChI=1S/C15H21NO3/c1-11-7-8-19-14(11)15(18)16-10-13(17)9-12-5-3-2-4-6-12/h2-6,11,13-14,17H,7-10H2,1H3,(H,16,18). The predicted molar refractivity (Wildman–Crippen MR) is 72.7 cm³/mol. The number of carbonyl (C=O) groups excluding carboxylic acids is 1. The molecule has 3 unspecified atom stereocenters. The van der Waals surface area contributed by atoms with Crippen LogP contribution in [0.1, 0.15) is 18.9 Å². The molecule has 0 spiro atoms. The molecule has 2 N–H and O–H groups in total. The molecule has 1 aliphatic rings. The molecule has 0 saturated carbocycles. The molecule has 3 atom stereocenters. The van der Waals surface area contributed by atoms with Gasteiger partial charge in [0, 0.05) is 19.6 Å². The Kier molecular flexibility index (Phi) is 4.93. The molecule has 1 fully saturated rings. The van der Waals surface area contributed by atoms with Crippen molar-refractivity contribution in [1.82, 2.24) is 5.32 Å². The van der Waals surface area contributed by atoms with Gasteiger partial charge in [-0.2, -0.15) is 0 Å². The van der Waals surface area contributed by atoms with Crippen LogP contribution in [0.4, 0.5) is 0 Å². The number of ether oxygens (including phenoxy) is 1. The molecule has 0 radical (unpaired) electrons. The molecule has 1 heterocycles. The summed E-state index contributed by atoms with van der Waals surface area (Å²) in [4.78, 5) is 11.9. The van der Waals surface area contributed by atoms with Crippen molar-refractivity contribution in [3.8, 4) is 0 Å². The Balaban J connectivity index is 1.74. The molecule has 19 heavy (non-hydrogen) atoms. The van der Waals surface area contributed by atoms with E-state index >= 15 is 0 Å². The summed E-state index contributed by atoms with van der Waals surface area (Å²) >= 11 is 0. The number of aliphatic hydroxyl groups excluding tert-OH is 1. The first-order chi connectivity index (χ1) is 9.16. The quantitative estimate of drug-likeness (QED) is 0.837. The van der Waals surface area contributed by atoms with Crippen molar-refractivity contribution >= 4 is 5.91 Å². The van der Waals surface area contributed by atoms with Gasteiger partial charge in [-0.25, -0.2) is 0 Å². The van der Waals surface area contributed by atoms with Crippen molar-refractivity contribution in [2.75, 3.05) is 13.2 Å². The van der Waals surface area contributed by atoms with Crippen molar-refractivity contribution in [2.45, 2.75) is 32.0 Å². The summed E-state index contributed by atoms with van der Waals surface area (Å²) in [5.41, 5.74) is 1.06. The minimum atomic E-state index is -0.567. The van der Waals surface area contributed by atoms with Gasteiger partial charge in [0.2, 0.25) is 5.91 Å². The van der Waals surface area contributed by atoms with Crippen molar-refractivity contribution in [2.24, 2.45) is 5.92 Å². The molecule has 0 bridgehead atoms. The minimum Gasteiger partial charge on any atom is -0.391 e. The zero-order chi connectivity index (χ0) is 13.7. The molecular formula is C15H21NO3. The van der Waals surface area contributed by atoms with E-state index in [0.717, 1.165) is 12.0 Å². The number of hydrogen-bond donors (Lipinski definition) is 2. The van der Waals surface area contributed by atoms with Crippen LogP contribution in [-0.4, -0.2) is 36.4 Å². The second-order valence-electron chi connectivity index (χ2n) is 5.15. The highest BCUT2D eigenvalue weighted by atomic mass is 16.5. The Morgan fingerprint density at radius 2 is 2.21 bits per heavy atom. The normalized spacial score (nSPS) is 24.1. The average molecular weight is 263 g/mol. The molecule has 0 aromatic heterocycles. The van der Waals surface area contributed by atoms with Crippen LogP contribution < -0.4 is 5.32 Å². The van der Waals surface area contributed by atoms with Crippen LogP contribution in [0.25, 0.3) is 0 Å². The Hall–Kier alpha value is -1.39. The molecule has 104 valence electrons. The highest BCUT2D eigenvalue weighted by Crippen LogP contribution is 2.19. The lowest BCUT2D eigenvalue weighted by atomic mass is 10.0. The van der Waals surface area contributed by atoms with Gasteiger partial charge < -0.3 is 15.2 Å². The zero-order valence-corrected chi connectivity index (χ0v) is 11.2. The van der Waals surface area contributed by atoms with Crippen molar-refractivity contribution in [3.05, 3.63) is 35.9 Å². The van der Waals surface area contributed by atoms with Crippen molar-refractivity contribution in [3.63, 3.8) is 0 Å². The number of carbonyl (C=O) groups is 1. The van der Waals surface area contributed by atoms with Crippen LogP contribution in [0.3, 0.4) is 0 Å². The van der Waals surface area contributed by atoms with Gasteiger partial charge in [0.1, 0.15) is 6.10 Å². The summed E-state index contributed by atoms with van der Waals surface area (Å²) in [5, 5.41) is 12.7. The topological polar surface area (TPSA) is 58.6 Å². The first-order valence-corrected chi connectivity index (χ1v) is 6.78. The Morgan fingerprint density at radius 1 is 1.47 bits per heavy atom. The maximum atomic E-state index is 11.9. The number of nitrogens with one attached hydrogen (secondary N) is 1. The fourth-order valence-electron chi connectivity index (χ4n) is 2.31. The number of rotatable bonds is 5. The minimum absolute atomic E-state index is 0.114. The molecule has 1 aliphatic heterocycles. The van der Waals surface area contributed by atoms with Crippen LogP contribution in [0.5, 0.6) is 0 Å². The molecule has 4 nitrogen and oxygen atoms in total. The smallest absolute Gasteiger partial charge is 0.249 e. The maximum Gasteiger partial charge on any atom is 0.249 e. The second kappa shape index (κ2) is 6.68. The lowest BCUT2D eigenvalue weighted by molar-refractivity contribution is -0.131. The largest absolute Gasteiger partial charge is 0.391 e. The number of aliphatic hydroxyl groups is 1. The molecule has 4 heteroatoms. The summed E-state index contributed by atoms with van der Waals surface area (Å²) in [7, 11) is 0. The number of hydrogen-bond acceptors (Lipinski definition) is 3. The molecule has 1 saturated heterocycles. The SMILES string of the molecule is CC1CCOC1C(=O)NCC(O)Cc1ccccc1. The van der Waals surface area contributed by atoms with E-state index in [1.54, 1.807) is 0 Å². The second-order valence-corrected chi connectivity index (χ2v) is 5.15. The van der Waals surface area contributed by atoms with E-state index < -0.39 is 6.10 Å².